The zero-order valence-electron chi connectivity index (χ0n) is 11.9. The Bertz CT molecular complexity index is 632. The molecular formula is C17H18FNOS. The lowest BCUT2D eigenvalue weighted by atomic mass is 10.0. The van der Waals surface area contributed by atoms with Crippen LogP contribution in [0.2, 0.25) is 0 Å². The van der Waals surface area contributed by atoms with Gasteiger partial charge in [0.05, 0.1) is 7.11 Å². The molecule has 1 unspecified atom stereocenters. The number of halogens is 1. The summed E-state index contributed by atoms with van der Waals surface area (Å²) in [5.74, 6) is 1.78. The third-order valence-corrected chi connectivity index (χ3v) is 4.87. The lowest BCUT2D eigenvalue weighted by Gasteiger charge is -2.26. The van der Waals surface area contributed by atoms with E-state index in [1.54, 1.807) is 24.9 Å². The van der Waals surface area contributed by atoms with Gasteiger partial charge in [0.15, 0.2) is 0 Å². The Hall–Kier alpha value is -1.52. The van der Waals surface area contributed by atoms with Crippen LogP contribution in [0.1, 0.15) is 23.6 Å². The Balaban J connectivity index is 1.76. The number of para-hydroxylation sites is 1. The van der Waals surface area contributed by atoms with Gasteiger partial charge in [-0.2, -0.15) is 0 Å². The molecule has 110 valence electrons. The van der Waals surface area contributed by atoms with Crippen LogP contribution in [0.3, 0.4) is 0 Å². The van der Waals surface area contributed by atoms with Crippen molar-refractivity contribution in [2.45, 2.75) is 23.9 Å². The van der Waals surface area contributed by atoms with Gasteiger partial charge in [-0.1, -0.05) is 18.2 Å². The first kappa shape index (κ1) is 14.4. The van der Waals surface area contributed by atoms with E-state index >= 15 is 0 Å². The minimum atomic E-state index is -0.166. The molecule has 3 rings (SSSR count). The summed E-state index contributed by atoms with van der Waals surface area (Å²) in [5, 5.41) is 3.54. The van der Waals surface area contributed by atoms with E-state index in [9.17, 15) is 4.39 Å². The highest BCUT2D eigenvalue weighted by molar-refractivity contribution is 7.99. The van der Waals surface area contributed by atoms with E-state index in [0.29, 0.717) is 0 Å². The molecule has 1 aliphatic rings. The number of nitrogens with one attached hydrogen (secondary N) is 1. The molecule has 2 aromatic rings. The molecule has 0 saturated heterocycles. The first-order chi connectivity index (χ1) is 10.3. The number of benzene rings is 2. The first-order valence-electron chi connectivity index (χ1n) is 7.05. The fourth-order valence-electron chi connectivity index (χ4n) is 2.66. The Morgan fingerprint density at radius 1 is 1.29 bits per heavy atom. The summed E-state index contributed by atoms with van der Waals surface area (Å²) >= 11 is 1.80. The Labute approximate surface area is 128 Å². The molecule has 2 nitrogen and oxygen atoms in total. The molecule has 0 aromatic heterocycles. The summed E-state index contributed by atoms with van der Waals surface area (Å²) in [6.07, 6.45) is 1.01. The minimum absolute atomic E-state index is 0.166. The van der Waals surface area contributed by atoms with Gasteiger partial charge in [0.1, 0.15) is 11.6 Å². The largest absolute Gasteiger partial charge is 0.496 e. The van der Waals surface area contributed by atoms with Crippen LogP contribution in [0.4, 0.5) is 4.39 Å². The molecule has 0 saturated carbocycles. The van der Waals surface area contributed by atoms with Gasteiger partial charge in [0.2, 0.25) is 0 Å². The van der Waals surface area contributed by atoms with Gasteiger partial charge in [0.25, 0.3) is 0 Å². The Morgan fingerprint density at radius 2 is 2.14 bits per heavy atom. The van der Waals surface area contributed by atoms with Gasteiger partial charge in [-0.3, -0.25) is 0 Å². The number of hydrogen-bond acceptors (Lipinski definition) is 3. The van der Waals surface area contributed by atoms with E-state index < -0.39 is 0 Å². The van der Waals surface area contributed by atoms with Crippen molar-refractivity contribution in [1.82, 2.24) is 5.32 Å². The average Bonchev–Trinajstić information content (AvgIpc) is 2.53. The number of rotatable bonds is 4. The molecule has 0 bridgehead atoms. The number of ether oxygens (including phenoxy) is 1. The maximum Gasteiger partial charge on any atom is 0.123 e. The second-order valence-corrected chi connectivity index (χ2v) is 6.20. The highest BCUT2D eigenvalue weighted by Gasteiger charge is 2.21. The van der Waals surface area contributed by atoms with Crippen molar-refractivity contribution < 1.29 is 9.13 Å². The van der Waals surface area contributed by atoms with Crippen molar-refractivity contribution in [2.75, 3.05) is 12.9 Å². The van der Waals surface area contributed by atoms with Crippen LogP contribution in [0.25, 0.3) is 0 Å². The van der Waals surface area contributed by atoms with Crippen LogP contribution in [-0.2, 0) is 6.54 Å². The van der Waals surface area contributed by atoms with E-state index in [-0.39, 0.29) is 11.9 Å². The SMILES string of the molecule is COc1ccccc1CNC1CCSc2ccc(F)cc21. The predicted molar refractivity (Wildman–Crippen MR) is 84.3 cm³/mol. The average molecular weight is 303 g/mol. The van der Waals surface area contributed by atoms with Crippen LogP contribution in [0.15, 0.2) is 47.4 Å². The van der Waals surface area contributed by atoms with E-state index in [1.165, 1.54) is 11.0 Å². The van der Waals surface area contributed by atoms with Crippen LogP contribution in [0.5, 0.6) is 5.75 Å². The highest BCUT2D eigenvalue weighted by Crippen LogP contribution is 2.36. The number of fused-ring (bicyclic) bond motifs is 1. The van der Waals surface area contributed by atoms with Crippen molar-refractivity contribution in [3.8, 4) is 5.75 Å². The second-order valence-electron chi connectivity index (χ2n) is 5.06. The molecule has 4 heteroatoms. The van der Waals surface area contributed by atoms with Gasteiger partial charge < -0.3 is 10.1 Å². The first-order valence-corrected chi connectivity index (χ1v) is 8.04. The van der Waals surface area contributed by atoms with Crippen molar-refractivity contribution in [3.63, 3.8) is 0 Å². The van der Waals surface area contributed by atoms with Crippen LogP contribution >= 0.6 is 11.8 Å². The van der Waals surface area contributed by atoms with Crippen molar-refractivity contribution >= 4 is 11.8 Å². The maximum absolute atomic E-state index is 13.5. The quantitative estimate of drug-likeness (QED) is 0.916. The van der Waals surface area contributed by atoms with E-state index in [2.05, 4.69) is 11.4 Å². The van der Waals surface area contributed by atoms with E-state index in [0.717, 1.165) is 35.6 Å². The number of methoxy groups -OCH3 is 1. The molecule has 1 atom stereocenters. The van der Waals surface area contributed by atoms with Gasteiger partial charge in [-0.05, 0) is 42.0 Å². The van der Waals surface area contributed by atoms with Gasteiger partial charge in [-0.25, -0.2) is 4.39 Å². The molecule has 21 heavy (non-hydrogen) atoms. The molecule has 1 N–H and O–H groups in total. The zero-order chi connectivity index (χ0) is 14.7. The lowest BCUT2D eigenvalue weighted by molar-refractivity contribution is 0.404. The van der Waals surface area contributed by atoms with Crippen molar-refractivity contribution in [3.05, 3.63) is 59.4 Å². The topological polar surface area (TPSA) is 21.3 Å². The van der Waals surface area contributed by atoms with Crippen LogP contribution in [0, 0.1) is 5.82 Å². The molecule has 0 spiro atoms. The highest BCUT2D eigenvalue weighted by atomic mass is 32.2. The summed E-state index contributed by atoms with van der Waals surface area (Å²) in [4.78, 5) is 1.18. The van der Waals surface area contributed by atoms with Crippen molar-refractivity contribution in [2.24, 2.45) is 0 Å². The van der Waals surface area contributed by atoms with Crippen molar-refractivity contribution in [1.29, 1.82) is 0 Å². The Morgan fingerprint density at radius 3 is 3.00 bits per heavy atom. The second kappa shape index (κ2) is 6.50. The fourth-order valence-corrected chi connectivity index (χ4v) is 3.77. The van der Waals surface area contributed by atoms with Gasteiger partial charge in [-0.15, -0.1) is 11.8 Å². The number of thioether (sulfide) groups is 1. The monoisotopic (exact) mass is 303 g/mol. The standard InChI is InChI=1S/C17H18FNOS/c1-20-16-5-3-2-4-12(16)11-19-15-8-9-21-17-7-6-13(18)10-14(15)17/h2-7,10,15,19H,8-9,11H2,1H3. The summed E-state index contributed by atoms with van der Waals surface area (Å²) in [5.41, 5.74) is 2.19. The summed E-state index contributed by atoms with van der Waals surface area (Å²) in [7, 11) is 1.68. The summed E-state index contributed by atoms with van der Waals surface area (Å²) < 4.78 is 18.9. The van der Waals surface area contributed by atoms with Crippen LogP contribution < -0.4 is 10.1 Å². The van der Waals surface area contributed by atoms with Gasteiger partial charge >= 0.3 is 0 Å². The zero-order valence-corrected chi connectivity index (χ0v) is 12.8. The summed E-state index contributed by atoms with van der Waals surface area (Å²) in [6.45, 7) is 0.718. The van der Waals surface area contributed by atoms with E-state index in [1.807, 2.05) is 24.3 Å². The molecule has 0 aliphatic carbocycles. The summed E-state index contributed by atoms with van der Waals surface area (Å²) in [6, 6.07) is 13.2. The third kappa shape index (κ3) is 3.22. The molecule has 0 amide bonds. The maximum atomic E-state index is 13.5. The fraction of sp³-hybridized carbons (Fsp3) is 0.294. The third-order valence-electron chi connectivity index (χ3n) is 3.74. The molecule has 1 aliphatic heterocycles. The molecular weight excluding hydrogens is 285 g/mol. The molecule has 0 fully saturated rings. The van der Waals surface area contributed by atoms with E-state index in [4.69, 9.17) is 4.74 Å². The molecule has 0 radical (unpaired) electrons. The normalized spacial score (nSPS) is 17.3. The number of hydrogen-bond donors (Lipinski definition) is 1. The lowest BCUT2D eigenvalue weighted by Crippen LogP contribution is -2.24. The smallest absolute Gasteiger partial charge is 0.123 e. The Kier molecular flexibility index (Phi) is 4.46. The minimum Gasteiger partial charge on any atom is -0.496 e. The molecule has 2 aromatic carbocycles. The molecule has 1 heterocycles. The predicted octanol–water partition coefficient (Wildman–Crippen LogP) is 4.16. The van der Waals surface area contributed by atoms with Crippen LogP contribution in [-0.4, -0.2) is 12.9 Å². The van der Waals surface area contributed by atoms with Gasteiger partial charge in [0, 0.05) is 23.0 Å².